The molecule has 2 rings (SSSR count). The van der Waals surface area contributed by atoms with E-state index in [4.69, 9.17) is 0 Å². The van der Waals surface area contributed by atoms with Crippen LogP contribution in [0, 0.1) is 0 Å². The summed E-state index contributed by atoms with van der Waals surface area (Å²) in [4.78, 5) is 37.7. The van der Waals surface area contributed by atoms with Gasteiger partial charge in [-0.25, -0.2) is 0 Å². The van der Waals surface area contributed by atoms with Gasteiger partial charge in [0.2, 0.25) is 5.91 Å². The molecule has 0 heterocycles. The van der Waals surface area contributed by atoms with Crippen molar-refractivity contribution in [1.29, 1.82) is 0 Å². The Kier molecular flexibility index (Phi) is 6.49. The van der Waals surface area contributed by atoms with Crippen molar-refractivity contribution in [1.82, 2.24) is 15.5 Å². The normalized spacial score (nSPS) is 11.3. The molecule has 2 aromatic rings. The van der Waals surface area contributed by atoms with Gasteiger partial charge in [0, 0.05) is 31.8 Å². The number of rotatable bonds is 6. The average Bonchev–Trinajstić information content (AvgIpc) is 2.67. The van der Waals surface area contributed by atoms with E-state index in [0.717, 1.165) is 5.56 Å². The van der Waals surface area contributed by atoms with Crippen molar-refractivity contribution < 1.29 is 14.4 Å². The number of likely N-dealkylation sites (N-methyl/N-ethyl adjacent to an activating group) is 1. The molecule has 0 aliphatic rings. The summed E-state index contributed by atoms with van der Waals surface area (Å²) in [5.74, 6) is -0.627. The van der Waals surface area contributed by atoms with Gasteiger partial charge in [0.1, 0.15) is 6.04 Å². The van der Waals surface area contributed by atoms with Gasteiger partial charge < -0.3 is 15.5 Å². The highest BCUT2D eigenvalue weighted by Gasteiger charge is 2.20. The first kappa shape index (κ1) is 19.2. The van der Waals surface area contributed by atoms with Crippen LogP contribution >= 0.6 is 0 Å². The molecule has 0 radical (unpaired) electrons. The van der Waals surface area contributed by atoms with Crippen LogP contribution in [-0.4, -0.2) is 42.8 Å². The maximum Gasteiger partial charge on any atom is 0.251 e. The molecule has 2 N–H and O–H groups in total. The van der Waals surface area contributed by atoms with E-state index in [-0.39, 0.29) is 17.7 Å². The third kappa shape index (κ3) is 4.92. The second kappa shape index (κ2) is 8.80. The minimum Gasteiger partial charge on any atom is -0.355 e. The van der Waals surface area contributed by atoms with Crippen LogP contribution in [0.3, 0.4) is 0 Å². The zero-order valence-electron chi connectivity index (χ0n) is 15.2. The van der Waals surface area contributed by atoms with E-state index >= 15 is 0 Å². The Morgan fingerprint density at radius 1 is 0.923 bits per heavy atom. The van der Waals surface area contributed by atoms with Crippen LogP contribution in [0.4, 0.5) is 0 Å². The molecular formula is C20H23N3O3. The van der Waals surface area contributed by atoms with E-state index < -0.39 is 6.04 Å². The molecule has 0 fully saturated rings. The summed E-state index contributed by atoms with van der Waals surface area (Å²) in [6, 6.07) is 15.2. The second-order valence-electron chi connectivity index (χ2n) is 6.03. The van der Waals surface area contributed by atoms with Crippen molar-refractivity contribution in [3.05, 3.63) is 71.3 Å². The summed E-state index contributed by atoms with van der Waals surface area (Å²) in [5.41, 5.74) is 1.98. The highest BCUT2D eigenvalue weighted by atomic mass is 16.2. The van der Waals surface area contributed by atoms with Crippen molar-refractivity contribution in [3.8, 4) is 0 Å². The van der Waals surface area contributed by atoms with Crippen LogP contribution in [0.15, 0.2) is 54.6 Å². The van der Waals surface area contributed by atoms with Crippen LogP contribution in [0.2, 0.25) is 0 Å². The number of hydrogen-bond acceptors (Lipinski definition) is 3. The molecule has 0 spiro atoms. The minimum atomic E-state index is -0.641. The molecule has 0 aliphatic heterocycles. The molecule has 26 heavy (non-hydrogen) atoms. The van der Waals surface area contributed by atoms with Crippen LogP contribution < -0.4 is 10.6 Å². The third-order valence-electron chi connectivity index (χ3n) is 3.99. The number of benzene rings is 2. The van der Waals surface area contributed by atoms with E-state index in [0.29, 0.717) is 17.7 Å². The monoisotopic (exact) mass is 353 g/mol. The second-order valence-corrected chi connectivity index (χ2v) is 6.03. The van der Waals surface area contributed by atoms with E-state index in [1.807, 2.05) is 18.2 Å². The molecule has 0 bridgehead atoms. The summed E-state index contributed by atoms with van der Waals surface area (Å²) in [6.45, 7) is 2.05. The summed E-state index contributed by atoms with van der Waals surface area (Å²) in [5, 5.41) is 5.27. The van der Waals surface area contributed by atoms with Crippen LogP contribution in [0.1, 0.15) is 33.2 Å². The van der Waals surface area contributed by atoms with Crippen molar-refractivity contribution in [2.45, 2.75) is 19.5 Å². The number of carbonyl (C=O) groups is 3. The fraction of sp³-hybridized carbons (Fsp3) is 0.250. The van der Waals surface area contributed by atoms with Crippen LogP contribution in [0.5, 0.6) is 0 Å². The van der Waals surface area contributed by atoms with Gasteiger partial charge in [0.25, 0.3) is 11.8 Å². The zero-order chi connectivity index (χ0) is 19.1. The molecule has 0 aliphatic carbocycles. The predicted octanol–water partition coefficient (Wildman–Crippen LogP) is 1.82. The van der Waals surface area contributed by atoms with Gasteiger partial charge in [0.15, 0.2) is 0 Å². The third-order valence-corrected chi connectivity index (χ3v) is 3.99. The molecule has 3 amide bonds. The van der Waals surface area contributed by atoms with E-state index in [1.54, 1.807) is 62.3 Å². The first-order valence-corrected chi connectivity index (χ1v) is 8.34. The molecule has 1 atom stereocenters. The Morgan fingerprint density at radius 3 is 2.08 bits per heavy atom. The average molecular weight is 353 g/mol. The molecule has 136 valence electrons. The van der Waals surface area contributed by atoms with Crippen LogP contribution in [-0.2, 0) is 11.3 Å². The van der Waals surface area contributed by atoms with Crippen molar-refractivity contribution >= 4 is 17.7 Å². The first-order chi connectivity index (χ1) is 12.4. The van der Waals surface area contributed by atoms with Gasteiger partial charge in [0.05, 0.1) is 0 Å². The lowest BCUT2D eigenvalue weighted by Crippen LogP contribution is -2.45. The van der Waals surface area contributed by atoms with Crippen LogP contribution in [0.25, 0.3) is 0 Å². The molecule has 6 nitrogen and oxygen atoms in total. The highest BCUT2D eigenvalue weighted by molar-refractivity contribution is 5.97. The Balaban J connectivity index is 1.93. The van der Waals surface area contributed by atoms with Gasteiger partial charge in [-0.1, -0.05) is 30.3 Å². The highest BCUT2D eigenvalue weighted by Crippen LogP contribution is 2.08. The van der Waals surface area contributed by atoms with Crippen molar-refractivity contribution in [2.24, 2.45) is 0 Å². The van der Waals surface area contributed by atoms with Gasteiger partial charge in [-0.15, -0.1) is 0 Å². The lowest BCUT2D eigenvalue weighted by molar-refractivity contribution is -0.132. The lowest BCUT2D eigenvalue weighted by Gasteiger charge is -2.22. The Hall–Kier alpha value is -3.15. The quantitative estimate of drug-likeness (QED) is 0.831. The zero-order valence-corrected chi connectivity index (χ0v) is 15.2. The fourth-order valence-corrected chi connectivity index (χ4v) is 2.52. The van der Waals surface area contributed by atoms with E-state index in [9.17, 15) is 14.4 Å². The fourth-order valence-electron chi connectivity index (χ4n) is 2.52. The Labute approximate surface area is 153 Å². The number of nitrogens with one attached hydrogen (secondary N) is 2. The van der Waals surface area contributed by atoms with Crippen molar-refractivity contribution in [2.75, 3.05) is 14.1 Å². The molecule has 6 heteroatoms. The molecular weight excluding hydrogens is 330 g/mol. The van der Waals surface area contributed by atoms with Gasteiger partial charge >= 0.3 is 0 Å². The van der Waals surface area contributed by atoms with Gasteiger partial charge in [-0.05, 0) is 36.8 Å². The number of carbonyl (C=O) groups excluding carboxylic acids is 3. The van der Waals surface area contributed by atoms with E-state index in [2.05, 4.69) is 10.6 Å². The summed E-state index contributed by atoms with van der Waals surface area (Å²) in [6.07, 6.45) is 0. The van der Waals surface area contributed by atoms with E-state index in [1.165, 1.54) is 0 Å². The van der Waals surface area contributed by atoms with Gasteiger partial charge in [-0.2, -0.15) is 0 Å². The SMILES string of the molecule is CNC(=O)c1ccc(CN(C)C(=O)C(C)NC(=O)c2ccccc2)cc1. The maximum atomic E-state index is 12.5. The molecule has 1 unspecified atom stereocenters. The molecule has 0 saturated heterocycles. The molecule has 0 saturated carbocycles. The first-order valence-electron chi connectivity index (χ1n) is 8.34. The molecule has 2 aromatic carbocycles. The Morgan fingerprint density at radius 2 is 1.50 bits per heavy atom. The van der Waals surface area contributed by atoms with Gasteiger partial charge in [-0.3, -0.25) is 14.4 Å². The summed E-state index contributed by atoms with van der Waals surface area (Å²) in [7, 11) is 3.26. The predicted molar refractivity (Wildman–Crippen MR) is 99.7 cm³/mol. The topological polar surface area (TPSA) is 78.5 Å². The summed E-state index contributed by atoms with van der Waals surface area (Å²) >= 11 is 0. The largest absolute Gasteiger partial charge is 0.355 e. The standard InChI is InChI=1S/C20H23N3O3/c1-14(22-19(25)16-7-5-4-6-8-16)20(26)23(3)13-15-9-11-17(12-10-15)18(24)21-2/h4-12,14H,13H2,1-3H3,(H,21,24)(H,22,25). The number of nitrogens with zero attached hydrogens (tertiary/aromatic N) is 1. The maximum absolute atomic E-state index is 12.5. The minimum absolute atomic E-state index is 0.154. The Bertz CT molecular complexity index is 773. The van der Waals surface area contributed by atoms with Crippen molar-refractivity contribution in [3.63, 3.8) is 0 Å². The smallest absolute Gasteiger partial charge is 0.251 e. The number of amides is 3. The number of hydrogen-bond donors (Lipinski definition) is 2. The lowest BCUT2D eigenvalue weighted by atomic mass is 10.1. The molecule has 0 aromatic heterocycles. The summed E-state index contributed by atoms with van der Waals surface area (Å²) < 4.78 is 0.